The fourth-order valence-electron chi connectivity index (χ4n) is 0.959. The smallest absolute Gasteiger partial charge is 0.124 e. The Balaban J connectivity index is 0.000000399. The van der Waals surface area contributed by atoms with Crippen molar-refractivity contribution in [3.05, 3.63) is 25.3 Å². The minimum absolute atomic E-state index is 0.174. The number of aliphatic hydroxyl groups excluding tert-OH is 2. The molecule has 0 spiro atoms. The molecule has 19 heavy (non-hydrogen) atoms. The van der Waals surface area contributed by atoms with E-state index in [0.29, 0.717) is 13.1 Å². The minimum Gasteiger partial charge on any atom is -0.744 e. The molecule has 0 bridgehead atoms. The van der Waals surface area contributed by atoms with E-state index in [0.717, 1.165) is 7.14 Å². The zero-order chi connectivity index (χ0) is 14.9. The first-order valence-corrected chi connectivity index (χ1v) is 8.83. The predicted molar refractivity (Wildman–Crippen MR) is 85.7 cm³/mol. The predicted octanol–water partition coefficient (Wildman–Crippen LogP) is -0.666. The van der Waals surface area contributed by atoms with E-state index in [2.05, 4.69) is 22.6 Å². The molecule has 0 saturated heterocycles. The Morgan fingerprint density at radius 3 is 2.00 bits per heavy atom. The highest BCUT2D eigenvalue weighted by molar-refractivity contribution is 14.1. The van der Waals surface area contributed by atoms with Crippen molar-refractivity contribution in [3.8, 4) is 0 Å². The topological polar surface area (TPSA) is 114 Å². The molecule has 0 heterocycles. The molecule has 0 aliphatic carbocycles. The fraction of sp³-hybridized carbons (Fsp3) is 0.400. The third-order valence-electron chi connectivity index (χ3n) is 1.85. The molecule has 0 saturated carbocycles. The minimum atomic E-state index is -4.30. The Kier molecular flexibility index (Phi) is 10.5. The molecule has 0 aromatic heterocycles. The lowest BCUT2D eigenvalue weighted by molar-refractivity contribution is -0.657. The quantitative estimate of drug-likeness (QED) is 0.274. The van der Waals surface area contributed by atoms with Crippen molar-refractivity contribution in [2.24, 2.45) is 0 Å². The second kappa shape index (κ2) is 10.2. The molecular weight excluding hydrogens is 500 g/mol. The van der Waals surface area contributed by atoms with Crippen LogP contribution in [0.25, 0.3) is 0 Å². The van der Waals surface area contributed by atoms with Crippen LogP contribution in [0.5, 0.6) is 0 Å². The van der Waals surface area contributed by atoms with Gasteiger partial charge in [-0.25, -0.2) is 8.42 Å². The van der Waals surface area contributed by atoms with E-state index in [9.17, 15) is 13.0 Å². The van der Waals surface area contributed by atoms with Gasteiger partial charge in [-0.05, 0) is 63.4 Å². The third kappa shape index (κ3) is 9.10. The second-order valence-corrected chi connectivity index (χ2v) is 7.05. The van der Waals surface area contributed by atoms with Crippen molar-refractivity contribution in [1.82, 2.24) is 0 Å². The molecule has 9 heteroatoms. The summed E-state index contributed by atoms with van der Waals surface area (Å²) >= 11 is 4.04. The van der Waals surface area contributed by atoms with E-state index in [1.165, 1.54) is 12.1 Å². The molecular formula is C10H15I2NO5S. The van der Waals surface area contributed by atoms with Crippen LogP contribution < -0.4 is 5.32 Å². The lowest BCUT2D eigenvalue weighted by Gasteiger charge is -2.07. The first-order valence-electron chi connectivity index (χ1n) is 5.27. The van der Waals surface area contributed by atoms with Crippen LogP contribution in [-0.4, -0.2) is 49.5 Å². The first kappa shape index (κ1) is 19.5. The Morgan fingerprint density at radius 2 is 1.63 bits per heavy atom. The maximum absolute atomic E-state index is 10.5. The van der Waals surface area contributed by atoms with Gasteiger partial charge in [-0.1, -0.05) is 0 Å². The van der Waals surface area contributed by atoms with Crippen LogP contribution in [0.2, 0.25) is 0 Å². The van der Waals surface area contributed by atoms with E-state index in [1.54, 1.807) is 6.07 Å². The molecule has 0 fully saturated rings. The molecule has 0 unspecified atom stereocenters. The zero-order valence-corrected chi connectivity index (χ0v) is 15.1. The van der Waals surface area contributed by atoms with Gasteiger partial charge in [-0.3, -0.25) is 0 Å². The standard InChI is InChI=1S/C6H4I2O3S.C4H11NO2/c7-5-2-1-4(3-6(5)8)12(9,10)11;6-3-1-5-2-4-7/h1-3H,(H,9,10,11);5-7H,1-4H2. The molecule has 1 rings (SSSR count). The van der Waals surface area contributed by atoms with E-state index < -0.39 is 10.1 Å². The van der Waals surface area contributed by atoms with Crippen LogP contribution in [0.3, 0.4) is 0 Å². The number of hydrogen-bond acceptors (Lipinski definition) is 5. The average Bonchev–Trinajstić information content (AvgIpc) is 2.33. The Labute approximate surface area is 139 Å². The normalized spacial score (nSPS) is 10.8. The van der Waals surface area contributed by atoms with E-state index in [4.69, 9.17) is 10.2 Å². The van der Waals surface area contributed by atoms with E-state index in [-0.39, 0.29) is 18.1 Å². The van der Waals surface area contributed by atoms with Crippen molar-refractivity contribution in [2.45, 2.75) is 4.90 Å². The van der Waals surface area contributed by atoms with Crippen LogP contribution in [-0.2, 0) is 10.1 Å². The van der Waals surface area contributed by atoms with Crippen molar-refractivity contribution in [3.63, 3.8) is 0 Å². The van der Waals surface area contributed by atoms with Gasteiger partial charge in [0.05, 0.1) is 31.2 Å². The summed E-state index contributed by atoms with van der Waals surface area (Å²) < 4.78 is 33.3. The molecule has 4 N–H and O–H groups in total. The lowest BCUT2D eigenvalue weighted by atomic mass is 10.4. The molecule has 0 amide bonds. The van der Waals surface area contributed by atoms with Crippen LogP contribution in [0.1, 0.15) is 0 Å². The van der Waals surface area contributed by atoms with Gasteiger partial charge >= 0.3 is 0 Å². The first-order chi connectivity index (χ1) is 8.82. The highest BCUT2D eigenvalue weighted by Gasteiger charge is 2.03. The van der Waals surface area contributed by atoms with Gasteiger partial charge in [-0.15, -0.1) is 0 Å². The SMILES string of the molecule is O=S(=O)([O-])c1ccc(I)c(I)c1.OCC[NH2+]CCO. The Hall–Kier alpha value is 0.470. The van der Waals surface area contributed by atoms with Crippen LogP contribution in [0, 0.1) is 7.14 Å². The summed E-state index contributed by atoms with van der Waals surface area (Å²) in [6, 6.07) is 4.28. The summed E-state index contributed by atoms with van der Waals surface area (Å²) in [7, 11) is -4.30. The molecule has 1 aromatic carbocycles. The van der Waals surface area contributed by atoms with Crippen LogP contribution >= 0.6 is 45.2 Å². The van der Waals surface area contributed by atoms with Gasteiger partial charge in [0.25, 0.3) is 0 Å². The number of quaternary nitrogens is 1. The number of halogens is 2. The van der Waals surface area contributed by atoms with Crippen molar-refractivity contribution in [2.75, 3.05) is 26.3 Å². The van der Waals surface area contributed by atoms with E-state index >= 15 is 0 Å². The van der Waals surface area contributed by atoms with Gasteiger partial charge in [0.15, 0.2) is 0 Å². The van der Waals surface area contributed by atoms with Gasteiger partial charge in [0.2, 0.25) is 0 Å². The Morgan fingerprint density at radius 1 is 1.11 bits per heavy atom. The van der Waals surface area contributed by atoms with Crippen LogP contribution in [0.15, 0.2) is 23.1 Å². The van der Waals surface area contributed by atoms with Crippen LogP contribution in [0.4, 0.5) is 0 Å². The van der Waals surface area contributed by atoms with Gasteiger partial charge in [-0.2, -0.15) is 0 Å². The zero-order valence-electron chi connectivity index (χ0n) is 9.92. The average molecular weight is 515 g/mol. The van der Waals surface area contributed by atoms with Crippen molar-refractivity contribution < 1.29 is 28.5 Å². The Bertz CT molecular complexity index is 477. The molecule has 0 aliphatic rings. The number of hydrogen-bond donors (Lipinski definition) is 3. The number of nitrogens with two attached hydrogens (primary N) is 1. The fourth-order valence-corrected chi connectivity index (χ4v) is 2.52. The molecule has 110 valence electrons. The van der Waals surface area contributed by atoms with E-state index in [1.807, 2.05) is 27.9 Å². The highest BCUT2D eigenvalue weighted by Crippen LogP contribution is 2.18. The van der Waals surface area contributed by atoms with Gasteiger partial charge in [0.1, 0.15) is 10.1 Å². The summed E-state index contributed by atoms with van der Waals surface area (Å²) in [5, 5.41) is 18.2. The number of rotatable bonds is 5. The lowest BCUT2D eigenvalue weighted by Crippen LogP contribution is -2.85. The maximum Gasteiger partial charge on any atom is 0.124 e. The molecule has 6 nitrogen and oxygen atoms in total. The third-order valence-corrected chi connectivity index (χ3v) is 5.54. The largest absolute Gasteiger partial charge is 0.744 e. The summed E-state index contributed by atoms with van der Waals surface area (Å²) in [6.07, 6.45) is 0. The summed E-state index contributed by atoms with van der Waals surface area (Å²) in [6.45, 7) is 1.78. The number of aliphatic hydroxyl groups is 2. The number of benzene rings is 1. The summed E-state index contributed by atoms with van der Waals surface area (Å²) in [5.41, 5.74) is 0. The van der Waals surface area contributed by atoms with Crippen molar-refractivity contribution >= 4 is 55.3 Å². The summed E-state index contributed by atoms with van der Waals surface area (Å²) in [4.78, 5) is -0.174. The van der Waals surface area contributed by atoms with Gasteiger partial charge < -0.3 is 20.1 Å². The molecule has 0 radical (unpaired) electrons. The molecule has 1 aromatic rings. The van der Waals surface area contributed by atoms with Crippen molar-refractivity contribution in [1.29, 1.82) is 0 Å². The maximum atomic E-state index is 10.5. The van der Waals surface area contributed by atoms with Gasteiger partial charge in [0, 0.05) is 7.14 Å². The molecule has 0 atom stereocenters. The second-order valence-electron chi connectivity index (χ2n) is 3.34. The molecule has 0 aliphatic heterocycles. The highest BCUT2D eigenvalue weighted by atomic mass is 127. The monoisotopic (exact) mass is 515 g/mol. The summed E-state index contributed by atoms with van der Waals surface area (Å²) in [5.74, 6) is 0.